The van der Waals surface area contributed by atoms with Gasteiger partial charge in [0.25, 0.3) is 5.56 Å². The SMILES string of the molecule is CC1(C(=O)O)CCCN1C(=O)Cn1c(=O)[nH]c2ccccc2c1=O. The number of para-hydroxylation sites is 1. The molecule has 2 N–H and O–H groups in total. The van der Waals surface area contributed by atoms with Crippen LogP contribution in [-0.4, -0.2) is 43.5 Å². The maximum absolute atomic E-state index is 12.5. The average Bonchev–Trinajstić information content (AvgIpc) is 2.95. The number of rotatable bonds is 3. The van der Waals surface area contributed by atoms with Crippen LogP contribution in [0.2, 0.25) is 0 Å². The second-order valence-corrected chi connectivity index (χ2v) is 6.09. The summed E-state index contributed by atoms with van der Waals surface area (Å²) >= 11 is 0. The van der Waals surface area contributed by atoms with Crippen LogP contribution in [-0.2, 0) is 16.1 Å². The van der Waals surface area contributed by atoms with Gasteiger partial charge in [0.15, 0.2) is 0 Å². The predicted octanol–water partition coefficient (Wildman–Crippen LogP) is 0.155. The van der Waals surface area contributed by atoms with E-state index in [2.05, 4.69) is 4.98 Å². The molecule has 1 fully saturated rings. The smallest absolute Gasteiger partial charge is 0.329 e. The number of aromatic nitrogens is 2. The van der Waals surface area contributed by atoms with Crippen molar-refractivity contribution in [1.29, 1.82) is 0 Å². The van der Waals surface area contributed by atoms with E-state index in [1.807, 2.05) is 0 Å². The molecule has 1 amide bonds. The number of likely N-dealkylation sites (tertiary alicyclic amines) is 1. The summed E-state index contributed by atoms with van der Waals surface area (Å²) < 4.78 is 0.811. The molecule has 1 aliphatic rings. The van der Waals surface area contributed by atoms with Gasteiger partial charge in [-0.25, -0.2) is 9.59 Å². The van der Waals surface area contributed by atoms with E-state index in [4.69, 9.17) is 0 Å². The van der Waals surface area contributed by atoms with Gasteiger partial charge in [0, 0.05) is 6.54 Å². The Bertz CT molecular complexity index is 945. The highest BCUT2D eigenvalue weighted by molar-refractivity contribution is 5.87. The van der Waals surface area contributed by atoms with Crippen molar-refractivity contribution < 1.29 is 14.7 Å². The van der Waals surface area contributed by atoms with Crippen LogP contribution in [0.25, 0.3) is 10.9 Å². The number of benzene rings is 1. The zero-order chi connectivity index (χ0) is 17.5. The van der Waals surface area contributed by atoms with Gasteiger partial charge in [-0.05, 0) is 31.9 Å². The van der Waals surface area contributed by atoms with Crippen LogP contribution in [0.15, 0.2) is 33.9 Å². The zero-order valence-electron chi connectivity index (χ0n) is 13.1. The van der Waals surface area contributed by atoms with Gasteiger partial charge in [-0.2, -0.15) is 0 Å². The van der Waals surface area contributed by atoms with E-state index in [1.165, 1.54) is 11.8 Å². The Labute approximate surface area is 136 Å². The molecule has 126 valence electrons. The highest BCUT2D eigenvalue weighted by Crippen LogP contribution is 2.29. The third-order valence-electron chi connectivity index (χ3n) is 4.59. The Kier molecular flexibility index (Phi) is 3.75. The Morgan fingerprint density at radius 2 is 2.00 bits per heavy atom. The topological polar surface area (TPSA) is 112 Å². The van der Waals surface area contributed by atoms with Crippen LogP contribution in [0.4, 0.5) is 0 Å². The molecular formula is C16H17N3O5. The quantitative estimate of drug-likeness (QED) is 0.832. The molecule has 24 heavy (non-hydrogen) atoms. The molecule has 8 heteroatoms. The van der Waals surface area contributed by atoms with Gasteiger partial charge in [-0.1, -0.05) is 12.1 Å². The summed E-state index contributed by atoms with van der Waals surface area (Å²) in [4.78, 5) is 52.4. The Morgan fingerprint density at radius 3 is 2.71 bits per heavy atom. The van der Waals surface area contributed by atoms with Crippen molar-refractivity contribution in [3.05, 3.63) is 45.1 Å². The highest BCUT2D eigenvalue weighted by atomic mass is 16.4. The molecular weight excluding hydrogens is 314 g/mol. The summed E-state index contributed by atoms with van der Waals surface area (Å²) in [6.07, 6.45) is 0.911. The number of H-pyrrole nitrogens is 1. The molecule has 0 spiro atoms. The Morgan fingerprint density at radius 1 is 1.29 bits per heavy atom. The fourth-order valence-electron chi connectivity index (χ4n) is 3.15. The summed E-state index contributed by atoms with van der Waals surface area (Å²) in [5.74, 6) is -1.65. The van der Waals surface area contributed by atoms with E-state index in [0.717, 1.165) is 4.57 Å². The summed E-state index contributed by atoms with van der Waals surface area (Å²) in [7, 11) is 0. The first-order valence-electron chi connectivity index (χ1n) is 7.60. The number of carboxylic acid groups (broad SMARTS) is 1. The molecule has 2 heterocycles. The van der Waals surface area contributed by atoms with Crippen molar-refractivity contribution in [3.8, 4) is 0 Å². The lowest BCUT2D eigenvalue weighted by Crippen LogP contribution is -2.53. The van der Waals surface area contributed by atoms with Crippen LogP contribution in [0.3, 0.4) is 0 Å². The second kappa shape index (κ2) is 5.63. The first-order chi connectivity index (χ1) is 11.3. The lowest BCUT2D eigenvalue weighted by molar-refractivity contribution is -0.155. The second-order valence-electron chi connectivity index (χ2n) is 6.09. The van der Waals surface area contributed by atoms with Crippen molar-refractivity contribution in [1.82, 2.24) is 14.5 Å². The average molecular weight is 331 g/mol. The number of hydrogen-bond acceptors (Lipinski definition) is 4. The van der Waals surface area contributed by atoms with Gasteiger partial charge in [-0.3, -0.25) is 14.2 Å². The number of nitrogens with one attached hydrogen (secondary N) is 1. The van der Waals surface area contributed by atoms with Gasteiger partial charge in [0.2, 0.25) is 5.91 Å². The molecule has 0 bridgehead atoms. The first kappa shape index (κ1) is 16.0. The fraction of sp³-hybridized carbons (Fsp3) is 0.375. The predicted molar refractivity (Wildman–Crippen MR) is 85.8 cm³/mol. The molecule has 1 unspecified atom stereocenters. The van der Waals surface area contributed by atoms with E-state index >= 15 is 0 Å². The Balaban J connectivity index is 1.99. The number of aliphatic carboxylic acids is 1. The summed E-state index contributed by atoms with van der Waals surface area (Å²) in [5.41, 5.74) is -2.17. The van der Waals surface area contributed by atoms with E-state index in [1.54, 1.807) is 24.3 Å². The largest absolute Gasteiger partial charge is 0.480 e. The normalized spacial score (nSPS) is 20.5. The standard InChI is InChI=1S/C16H17N3O5/c1-16(14(22)23)7-4-8-19(16)12(20)9-18-13(21)10-5-2-3-6-11(10)17-15(18)24/h2-3,5-6H,4,7-9H2,1H3,(H,17,24)(H,22,23). The van der Waals surface area contributed by atoms with E-state index < -0.39 is 35.2 Å². The lowest BCUT2D eigenvalue weighted by atomic mass is 9.99. The zero-order valence-corrected chi connectivity index (χ0v) is 13.1. The molecule has 0 saturated carbocycles. The van der Waals surface area contributed by atoms with E-state index in [9.17, 15) is 24.3 Å². The molecule has 1 aromatic carbocycles. The van der Waals surface area contributed by atoms with E-state index in [0.29, 0.717) is 30.3 Å². The van der Waals surface area contributed by atoms with Crippen molar-refractivity contribution in [3.63, 3.8) is 0 Å². The van der Waals surface area contributed by atoms with Gasteiger partial charge in [0.1, 0.15) is 12.1 Å². The monoisotopic (exact) mass is 331 g/mol. The molecule has 3 rings (SSSR count). The van der Waals surface area contributed by atoms with Crippen molar-refractivity contribution in [2.24, 2.45) is 0 Å². The maximum Gasteiger partial charge on any atom is 0.329 e. The van der Waals surface area contributed by atoms with Crippen molar-refractivity contribution >= 4 is 22.8 Å². The lowest BCUT2D eigenvalue weighted by Gasteiger charge is -2.31. The molecule has 8 nitrogen and oxygen atoms in total. The number of carbonyl (C=O) groups excluding carboxylic acids is 1. The minimum absolute atomic E-state index is 0.294. The van der Waals surface area contributed by atoms with Gasteiger partial charge in [0.05, 0.1) is 10.9 Å². The van der Waals surface area contributed by atoms with Crippen LogP contribution >= 0.6 is 0 Å². The van der Waals surface area contributed by atoms with Crippen LogP contribution < -0.4 is 11.2 Å². The number of nitrogens with zero attached hydrogens (tertiary/aromatic N) is 2. The number of aromatic amines is 1. The maximum atomic E-state index is 12.5. The Hall–Kier alpha value is -2.90. The summed E-state index contributed by atoms with van der Waals surface area (Å²) in [6, 6.07) is 6.52. The van der Waals surface area contributed by atoms with Crippen molar-refractivity contribution in [2.75, 3.05) is 6.54 Å². The molecule has 1 aliphatic heterocycles. The molecule has 1 atom stereocenters. The number of carbonyl (C=O) groups is 2. The van der Waals surface area contributed by atoms with Gasteiger partial charge < -0.3 is 15.0 Å². The molecule has 0 radical (unpaired) electrons. The number of hydrogen-bond donors (Lipinski definition) is 2. The van der Waals surface area contributed by atoms with Gasteiger partial charge >= 0.3 is 11.7 Å². The highest BCUT2D eigenvalue weighted by Gasteiger charge is 2.45. The third kappa shape index (κ3) is 2.40. The van der Waals surface area contributed by atoms with Gasteiger partial charge in [-0.15, -0.1) is 0 Å². The van der Waals surface area contributed by atoms with Crippen molar-refractivity contribution in [2.45, 2.75) is 31.8 Å². The van der Waals surface area contributed by atoms with E-state index in [-0.39, 0.29) is 0 Å². The number of amides is 1. The fourth-order valence-corrected chi connectivity index (χ4v) is 3.15. The number of fused-ring (bicyclic) bond motifs is 1. The third-order valence-corrected chi connectivity index (χ3v) is 4.59. The molecule has 2 aromatic rings. The molecule has 1 aromatic heterocycles. The van der Waals surface area contributed by atoms with Crippen LogP contribution in [0, 0.1) is 0 Å². The summed E-state index contributed by atoms with van der Waals surface area (Å²) in [6.45, 7) is 1.29. The van der Waals surface area contributed by atoms with Crippen LogP contribution in [0.5, 0.6) is 0 Å². The number of carboxylic acids is 1. The first-order valence-corrected chi connectivity index (χ1v) is 7.60. The summed E-state index contributed by atoms with van der Waals surface area (Å²) in [5, 5.41) is 9.68. The molecule has 1 saturated heterocycles. The molecule has 0 aliphatic carbocycles. The van der Waals surface area contributed by atoms with Crippen LogP contribution in [0.1, 0.15) is 19.8 Å². The minimum atomic E-state index is -1.30. The minimum Gasteiger partial charge on any atom is -0.480 e.